The largest absolute Gasteiger partial charge is 0.346 e. The van der Waals surface area contributed by atoms with Gasteiger partial charge in [0, 0.05) is 18.3 Å². The second-order valence-corrected chi connectivity index (χ2v) is 6.27. The second-order valence-electron chi connectivity index (χ2n) is 5.21. The van der Waals surface area contributed by atoms with Crippen LogP contribution in [-0.2, 0) is 9.59 Å². The van der Waals surface area contributed by atoms with Gasteiger partial charge in [-0.2, -0.15) is 0 Å². The molecule has 5 nitrogen and oxygen atoms in total. The minimum Gasteiger partial charge on any atom is -0.346 e. The fourth-order valence-corrected chi connectivity index (χ4v) is 3.03. The van der Waals surface area contributed by atoms with Crippen molar-refractivity contribution in [3.63, 3.8) is 0 Å². The summed E-state index contributed by atoms with van der Waals surface area (Å²) in [6, 6.07) is -0.116. The SMILES string of the molecule is Cc1nc([C@@H](C)NC(=O)CN2CCCCCC2=O)cs1. The number of hydrogen-bond acceptors (Lipinski definition) is 4. The van der Waals surface area contributed by atoms with Crippen molar-refractivity contribution in [1.82, 2.24) is 15.2 Å². The van der Waals surface area contributed by atoms with Crippen LogP contribution in [0.3, 0.4) is 0 Å². The van der Waals surface area contributed by atoms with Crippen LogP contribution in [0.4, 0.5) is 0 Å². The minimum atomic E-state index is -0.116. The van der Waals surface area contributed by atoms with E-state index in [1.54, 1.807) is 16.2 Å². The zero-order chi connectivity index (χ0) is 14.5. The van der Waals surface area contributed by atoms with E-state index in [9.17, 15) is 9.59 Å². The zero-order valence-electron chi connectivity index (χ0n) is 12.0. The quantitative estimate of drug-likeness (QED) is 0.924. The molecule has 2 heterocycles. The average Bonchev–Trinajstić information content (AvgIpc) is 2.73. The molecule has 110 valence electrons. The summed E-state index contributed by atoms with van der Waals surface area (Å²) < 4.78 is 0. The van der Waals surface area contributed by atoms with Gasteiger partial charge in [-0.25, -0.2) is 4.98 Å². The predicted octanol–water partition coefficient (Wildman–Crippen LogP) is 2.03. The van der Waals surface area contributed by atoms with Crippen molar-refractivity contribution in [2.75, 3.05) is 13.1 Å². The summed E-state index contributed by atoms with van der Waals surface area (Å²) in [6.45, 7) is 4.71. The lowest BCUT2D eigenvalue weighted by Gasteiger charge is -2.21. The van der Waals surface area contributed by atoms with Crippen LogP contribution < -0.4 is 5.32 Å². The highest BCUT2D eigenvalue weighted by atomic mass is 32.1. The van der Waals surface area contributed by atoms with Gasteiger partial charge in [0.05, 0.1) is 23.3 Å². The molecular formula is C14H21N3O2S. The molecule has 1 aromatic heterocycles. The number of likely N-dealkylation sites (tertiary alicyclic amines) is 1. The van der Waals surface area contributed by atoms with Gasteiger partial charge < -0.3 is 10.2 Å². The van der Waals surface area contributed by atoms with Crippen LogP contribution in [0.25, 0.3) is 0 Å². The molecule has 1 atom stereocenters. The number of nitrogens with zero attached hydrogens (tertiary/aromatic N) is 2. The van der Waals surface area contributed by atoms with E-state index in [0.29, 0.717) is 13.0 Å². The van der Waals surface area contributed by atoms with Gasteiger partial charge in [0.2, 0.25) is 11.8 Å². The topological polar surface area (TPSA) is 62.3 Å². The molecule has 0 radical (unpaired) electrons. The number of aromatic nitrogens is 1. The minimum absolute atomic E-state index is 0.0924. The van der Waals surface area contributed by atoms with Crippen LogP contribution in [0.1, 0.15) is 49.4 Å². The highest BCUT2D eigenvalue weighted by Crippen LogP contribution is 2.16. The van der Waals surface area contributed by atoms with Crippen molar-refractivity contribution in [3.8, 4) is 0 Å². The van der Waals surface area contributed by atoms with Crippen LogP contribution in [0.5, 0.6) is 0 Å². The summed E-state index contributed by atoms with van der Waals surface area (Å²) in [5, 5.41) is 5.85. The Hall–Kier alpha value is -1.43. The van der Waals surface area contributed by atoms with Crippen LogP contribution in [-0.4, -0.2) is 34.8 Å². The van der Waals surface area contributed by atoms with Gasteiger partial charge in [-0.3, -0.25) is 9.59 Å². The number of amides is 2. The number of rotatable bonds is 4. The highest BCUT2D eigenvalue weighted by Gasteiger charge is 2.20. The maximum atomic E-state index is 12.0. The summed E-state index contributed by atoms with van der Waals surface area (Å²) in [5.74, 6) is -0.0202. The third-order valence-electron chi connectivity index (χ3n) is 3.46. The molecule has 1 aromatic rings. The van der Waals surface area contributed by atoms with Crippen LogP contribution in [0, 0.1) is 6.92 Å². The van der Waals surface area contributed by atoms with Gasteiger partial charge in [0.15, 0.2) is 0 Å². The van der Waals surface area contributed by atoms with E-state index >= 15 is 0 Å². The third kappa shape index (κ3) is 4.03. The predicted molar refractivity (Wildman–Crippen MR) is 78.5 cm³/mol. The maximum Gasteiger partial charge on any atom is 0.240 e. The Morgan fingerprint density at radius 1 is 1.50 bits per heavy atom. The Balaban J connectivity index is 1.86. The van der Waals surface area contributed by atoms with E-state index in [1.165, 1.54) is 0 Å². The molecule has 1 N–H and O–H groups in total. The normalized spacial score (nSPS) is 17.7. The summed E-state index contributed by atoms with van der Waals surface area (Å²) in [7, 11) is 0. The smallest absolute Gasteiger partial charge is 0.240 e. The number of carbonyl (C=O) groups is 2. The van der Waals surface area contributed by atoms with Gasteiger partial charge in [-0.15, -0.1) is 11.3 Å². The Morgan fingerprint density at radius 2 is 2.30 bits per heavy atom. The Labute approximate surface area is 123 Å². The van der Waals surface area contributed by atoms with Crippen molar-refractivity contribution in [2.24, 2.45) is 0 Å². The standard InChI is InChI=1S/C14H21N3O2S/c1-10(12-9-20-11(2)16-12)15-13(18)8-17-7-5-3-4-6-14(17)19/h9-10H,3-8H2,1-2H3,(H,15,18)/t10-/m1/s1. The van der Waals surface area contributed by atoms with Crippen LogP contribution in [0.2, 0.25) is 0 Å². The van der Waals surface area contributed by atoms with Gasteiger partial charge in [0.25, 0.3) is 0 Å². The van der Waals surface area contributed by atoms with E-state index in [2.05, 4.69) is 10.3 Å². The summed E-state index contributed by atoms with van der Waals surface area (Å²) >= 11 is 1.57. The van der Waals surface area contributed by atoms with E-state index in [-0.39, 0.29) is 24.4 Å². The number of nitrogens with one attached hydrogen (secondary N) is 1. The molecule has 0 unspecified atom stereocenters. The lowest BCUT2D eigenvalue weighted by molar-refractivity contribution is -0.135. The Bertz CT molecular complexity index is 487. The van der Waals surface area contributed by atoms with Crippen molar-refractivity contribution in [3.05, 3.63) is 16.1 Å². The van der Waals surface area contributed by atoms with Crippen molar-refractivity contribution >= 4 is 23.2 Å². The zero-order valence-corrected chi connectivity index (χ0v) is 12.8. The lowest BCUT2D eigenvalue weighted by Crippen LogP contribution is -2.41. The van der Waals surface area contributed by atoms with Gasteiger partial charge in [-0.1, -0.05) is 6.42 Å². The monoisotopic (exact) mass is 295 g/mol. The molecule has 2 amide bonds. The molecule has 20 heavy (non-hydrogen) atoms. The molecule has 0 spiro atoms. The van der Waals surface area contributed by atoms with Crippen molar-refractivity contribution < 1.29 is 9.59 Å². The molecule has 1 saturated heterocycles. The average molecular weight is 295 g/mol. The lowest BCUT2D eigenvalue weighted by atomic mass is 10.2. The molecule has 0 bridgehead atoms. The summed E-state index contributed by atoms with van der Waals surface area (Å²) in [6.07, 6.45) is 3.55. The van der Waals surface area contributed by atoms with Crippen LogP contribution >= 0.6 is 11.3 Å². The molecule has 0 aromatic carbocycles. The number of aryl methyl sites for hydroxylation is 1. The Morgan fingerprint density at radius 3 is 3.00 bits per heavy atom. The first-order chi connectivity index (χ1) is 9.56. The molecule has 1 fully saturated rings. The Kier molecular flexibility index (Phi) is 5.11. The highest BCUT2D eigenvalue weighted by molar-refractivity contribution is 7.09. The molecular weight excluding hydrogens is 274 g/mol. The van der Waals surface area contributed by atoms with Crippen molar-refractivity contribution in [2.45, 2.75) is 45.6 Å². The molecule has 0 saturated carbocycles. The van der Waals surface area contributed by atoms with Crippen molar-refractivity contribution in [1.29, 1.82) is 0 Å². The molecule has 2 rings (SSSR count). The second kappa shape index (κ2) is 6.83. The first-order valence-electron chi connectivity index (χ1n) is 7.05. The summed E-state index contributed by atoms with van der Waals surface area (Å²) in [4.78, 5) is 29.9. The van der Waals surface area contributed by atoms with Gasteiger partial charge in [0.1, 0.15) is 0 Å². The van der Waals surface area contributed by atoms with E-state index in [0.717, 1.165) is 30.0 Å². The molecule has 1 aliphatic heterocycles. The van der Waals surface area contributed by atoms with E-state index in [1.807, 2.05) is 19.2 Å². The van der Waals surface area contributed by atoms with Crippen LogP contribution in [0.15, 0.2) is 5.38 Å². The molecule has 1 aliphatic rings. The number of hydrogen-bond donors (Lipinski definition) is 1. The summed E-state index contributed by atoms with van der Waals surface area (Å²) in [5.41, 5.74) is 0.878. The molecule has 0 aliphatic carbocycles. The first-order valence-corrected chi connectivity index (χ1v) is 7.93. The number of thiazole rings is 1. The fraction of sp³-hybridized carbons (Fsp3) is 0.643. The third-order valence-corrected chi connectivity index (χ3v) is 4.26. The fourth-order valence-electron chi connectivity index (χ4n) is 2.32. The maximum absolute atomic E-state index is 12.0. The van der Waals surface area contributed by atoms with E-state index < -0.39 is 0 Å². The van der Waals surface area contributed by atoms with E-state index in [4.69, 9.17) is 0 Å². The first kappa shape index (κ1) is 15.0. The number of carbonyl (C=O) groups excluding carboxylic acids is 2. The van der Waals surface area contributed by atoms with Gasteiger partial charge in [-0.05, 0) is 26.7 Å². The molecule has 6 heteroatoms. The van der Waals surface area contributed by atoms with Gasteiger partial charge >= 0.3 is 0 Å².